The average molecular weight is 558 g/mol. The molecule has 5 rings (SSSR count). The lowest BCUT2D eigenvalue weighted by atomic mass is 9.90. The van der Waals surface area contributed by atoms with Gasteiger partial charge in [0.25, 0.3) is 11.8 Å². The highest BCUT2D eigenvalue weighted by atomic mass is 19.1. The zero-order chi connectivity index (χ0) is 28.9. The summed E-state index contributed by atoms with van der Waals surface area (Å²) in [5.41, 5.74) is 3.61. The largest absolute Gasteiger partial charge is 0.361 e. The number of likely N-dealkylation sites (tertiary alicyclic amines) is 1. The number of carbonyl (C=O) groups is 3. The van der Waals surface area contributed by atoms with Crippen molar-refractivity contribution in [3.8, 4) is 0 Å². The minimum absolute atomic E-state index is 0.0713. The number of rotatable bonds is 6. The summed E-state index contributed by atoms with van der Waals surface area (Å²) in [6, 6.07) is 18.4. The molecule has 0 radical (unpaired) electrons. The number of hydrogen-bond acceptors (Lipinski definition) is 4. The Hall–Kier alpha value is -4.04. The summed E-state index contributed by atoms with van der Waals surface area (Å²) < 4.78 is 20.3. The number of carbonyl (C=O) groups excluding carboxylic acids is 3. The van der Waals surface area contributed by atoms with Crippen LogP contribution in [-0.2, 0) is 9.53 Å². The maximum Gasteiger partial charge on any atom is 0.260 e. The maximum absolute atomic E-state index is 14.6. The lowest BCUT2D eigenvalue weighted by molar-refractivity contribution is -0.132. The molecule has 8 heteroatoms. The van der Waals surface area contributed by atoms with Gasteiger partial charge in [-0.15, -0.1) is 0 Å². The van der Waals surface area contributed by atoms with E-state index in [-0.39, 0.29) is 30.1 Å². The molecule has 2 unspecified atom stereocenters. The summed E-state index contributed by atoms with van der Waals surface area (Å²) in [7, 11) is 1.55. The van der Waals surface area contributed by atoms with E-state index in [0.29, 0.717) is 40.9 Å². The van der Waals surface area contributed by atoms with Gasteiger partial charge in [-0.05, 0) is 105 Å². The van der Waals surface area contributed by atoms with Crippen LogP contribution in [-0.4, -0.2) is 49.0 Å². The number of ether oxygens (including phenoxy) is 1. The van der Waals surface area contributed by atoms with Crippen molar-refractivity contribution in [1.82, 2.24) is 4.90 Å². The molecule has 2 aliphatic heterocycles. The highest BCUT2D eigenvalue weighted by Crippen LogP contribution is 2.40. The quantitative estimate of drug-likeness (QED) is 0.387. The number of benzene rings is 3. The molecule has 3 aromatic rings. The van der Waals surface area contributed by atoms with Crippen molar-refractivity contribution < 1.29 is 23.5 Å². The smallest absolute Gasteiger partial charge is 0.260 e. The van der Waals surface area contributed by atoms with E-state index >= 15 is 0 Å². The van der Waals surface area contributed by atoms with Crippen LogP contribution in [0.5, 0.6) is 0 Å². The number of halogens is 1. The van der Waals surface area contributed by atoms with Crippen LogP contribution in [0.25, 0.3) is 0 Å². The van der Waals surface area contributed by atoms with Crippen molar-refractivity contribution in [3.05, 3.63) is 94.8 Å². The van der Waals surface area contributed by atoms with Gasteiger partial charge in [0, 0.05) is 43.4 Å². The first-order valence-electron chi connectivity index (χ1n) is 14.3. The summed E-state index contributed by atoms with van der Waals surface area (Å²) in [5.74, 6) is -1.09. The van der Waals surface area contributed by atoms with Crippen LogP contribution >= 0.6 is 0 Å². The molecule has 3 amide bonds. The molecule has 214 valence electrons. The highest BCUT2D eigenvalue weighted by molar-refractivity contribution is 6.08. The van der Waals surface area contributed by atoms with Gasteiger partial charge >= 0.3 is 0 Å². The van der Waals surface area contributed by atoms with Crippen LogP contribution in [0, 0.1) is 12.7 Å². The Bertz CT molecular complexity index is 1420. The summed E-state index contributed by atoms with van der Waals surface area (Å²) in [6.07, 6.45) is 3.91. The van der Waals surface area contributed by atoms with Gasteiger partial charge in [0.15, 0.2) is 0 Å². The fourth-order valence-corrected chi connectivity index (χ4v) is 5.88. The third-order valence-corrected chi connectivity index (χ3v) is 8.14. The molecule has 41 heavy (non-hydrogen) atoms. The molecule has 7 nitrogen and oxygen atoms in total. The second-order valence-electron chi connectivity index (χ2n) is 10.8. The standard InChI is InChI=1S/C33H36FN3O4/c1-22-8-4-5-9-27(22)32(39)35-26-14-10-23(11-15-26)33(40)37-29-16-13-25(34)21-28(29)24(12-17-31(37)41-2)20-30(38)36-18-6-3-7-19-36/h4-5,8-11,13-16,21,24,31H,3,6-7,12,17-20H2,1-2H3,(H,35,39). The van der Waals surface area contributed by atoms with E-state index in [4.69, 9.17) is 4.74 Å². The van der Waals surface area contributed by atoms with Crippen LogP contribution in [0.1, 0.15) is 76.3 Å². The Labute approximate surface area is 240 Å². The number of methoxy groups -OCH3 is 1. The van der Waals surface area contributed by atoms with Crippen molar-refractivity contribution in [2.24, 2.45) is 0 Å². The molecule has 0 aromatic heterocycles. The minimum Gasteiger partial charge on any atom is -0.361 e. The monoisotopic (exact) mass is 557 g/mol. The maximum atomic E-state index is 14.6. The molecule has 1 fully saturated rings. The van der Waals surface area contributed by atoms with Gasteiger partial charge < -0.3 is 15.0 Å². The Morgan fingerprint density at radius 1 is 0.951 bits per heavy atom. The molecule has 0 spiro atoms. The number of nitrogens with one attached hydrogen (secondary N) is 1. The summed E-state index contributed by atoms with van der Waals surface area (Å²) in [6.45, 7) is 3.39. The predicted molar refractivity (Wildman–Crippen MR) is 157 cm³/mol. The molecule has 2 heterocycles. The molecule has 1 saturated heterocycles. The Morgan fingerprint density at radius 2 is 1.68 bits per heavy atom. The van der Waals surface area contributed by atoms with Crippen molar-refractivity contribution in [2.75, 3.05) is 30.4 Å². The first-order chi connectivity index (χ1) is 19.9. The van der Waals surface area contributed by atoms with Crippen molar-refractivity contribution >= 4 is 29.1 Å². The van der Waals surface area contributed by atoms with Crippen molar-refractivity contribution in [3.63, 3.8) is 0 Å². The number of piperidine rings is 1. The van der Waals surface area contributed by atoms with Crippen molar-refractivity contribution in [1.29, 1.82) is 0 Å². The van der Waals surface area contributed by atoms with Gasteiger partial charge in [-0.3, -0.25) is 19.3 Å². The molecular formula is C33H36FN3O4. The fraction of sp³-hybridized carbons (Fsp3) is 0.364. The molecule has 0 saturated carbocycles. The number of anilines is 2. The van der Waals surface area contributed by atoms with E-state index in [2.05, 4.69) is 5.32 Å². The highest BCUT2D eigenvalue weighted by Gasteiger charge is 2.35. The molecule has 3 aromatic carbocycles. The van der Waals surface area contributed by atoms with E-state index < -0.39 is 12.0 Å². The van der Waals surface area contributed by atoms with E-state index in [1.165, 1.54) is 12.1 Å². The summed E-state index contributed by atoms with van der Waals surface area (Å²) >= 11 is 0. The zero-order valence-corrected chi connectivity index (χ0v) is 23.6. The molecule has 2 atom stereocenters. The number of amides is 3. The van der Waals surface area contributed by atoms with Crippen LogP contribution in [0.2, 0.25) is 0 Å². The molecular weight excluding hydrogens is 521 g/mol. The number of hydrogen-bond donors (Lipinski definition) is 1. The number of aryl methyl sites for hydroxylation is 1. The number of fused-ring (bicyclic) bond motifs is 1. The third-order valence-electron chi connectivity index (χ3n) is 8.14. The Kier molecular flexibility index (Phi) is 8.78. The first-order valence-corrected chi connectivity index (χ1v) is 14.3. The van der Waals surface area contributed by atoms with Gasteiger partial charge in [-0.2, -0.15) is 0 Å². The van der Waals surface area contributed by atoms with Gasteiger partial charge in [0.05, 0.1) is 5.69 Å². The van der Waals surface area contributed by atoms with E-state index in [1.54, 1.807) is 48.4 Å². The Morgan fingerprint density at radius 3 is 2.39 bits per heavy atom. The normalized spacial score (nSPS) is 18.8. The molecule has 0 bridgehead atoms. The van der Waals surface area contributed by atoms with Gasteiger partial charge in [-0.1, -0.05) is 18.2 Å². The average Bonchev–Trinajstić information content (AvgIpc) is 3.14. The molecule has 1 N–H and O–H groups in total. The predicted octanol–water partition coefficient (Wildman–Crippen LogP) is 6.29. The summed E-state index contributed by atoms with van der Waals surface area (Å²) in [4.78, 5) is 43.3. The SMILES string of the molecule is COC1CCC(CC(=O)N2CCCCC2)c2cc(F)ccc2N1C(=O)c1ccc(NC(=O)c2ccccc2C)cc1. The second kappa shape index (κ2) is 12.6. The van der Waals surface area contributed by atoms with Crippen LogP contribution in [0.15, 0.2) is 66.7 Å². The van der Waals surface area contributed by atoms with E-state index in [1.807, 2.05) is 30.0 Å². The molecule has 0 aliphatic carbocycles. The molecule has 2 aliphatic rings. The van der Waals surface area contributed by atoms with Gasteiger partial charge in [0.2, 0.25) is 5.91 Å². The second-order valence-corrected chi connectivity index (χ2v) is 10.8. The van der Waals surface area contributed by atoms with Gasteiger partial charge in [-0.25, -0.2) is 4.39 Å². The number of nitrogens with zero attached hydrogens (tertiary/aromatic N) is 2. The van der Waals surface area contributed by atoms with E-state index in [0.717, 1.165) is 37.9 Å². The van der Waals surface area contributed by atoms with Gasteiger partial charge in [0.1, 0.15) is 12.0 Å². The van der Waals surface area contributed by atoms with Crippen molar-refractivity contribution in [2.45, 2.75) is 57.6 Å². The lowest BCUT2D eigenvalue weighted by Gasteiger charge is -2.30. The van der Waals surface area contributed by atoms with E-state index in [9.17, 15) is 18.8 Å². The van der Waals surface area contributed by atoms with Crippen LogP contribution < -0.4 is 10.2 Å². The third kappa shape index (κ3) is 6.33. The van der Waals surface area contributed by atoms with Crippen LogP contribution in [0.4, 0.5) is 15.8 Å². The fourth-order valence-electron chi connectivity index (χ4n) is 5.88. The summed E-state index contributed by atoms with van der Waals surface area (Å²) in [5, 5.41) is 2.88. The van der Waals surface area contributed by atoms with Crippen LogP contribution in [0.3, 0.4) is 0 Å². The Balaban J connectivity index is 1.39. The first kappa shape index (κ1) is 28.5. The lowest BCUT2D eigenvalue weighted by Crippen LogP contribution is -2.41. The topological polar surface area (TPSA) is 79.0 Å². The zero-order valence-electron chi connectivity index (χ0n) is 23.6. The minimum atomic E-state index is -0.581.